The van der Waals surface area contributed by atoms with Crippen molar-refractivity contribution in [3.63, 3.8) is 0 Å². The molecule has 50 heavy (non-hydrogen) atoms. The lowest BCUT2D eigenvalue weighted by atomic mass is 10.1. The second kappa shape index (κ2) is 25.7. The molecule has 0 aliphatic rings. The highest BCUT2D eigenvalue weighted by Gasteiger charge is 2.40. The molecule has 0 spiro atoms. The van der Waals surface area contributed by atoms with E-state index in [1.54, 1.807) is 24.3 Å². The van der Waals surface area contributed by atoms with E-state index in [2.05, 4.69) is 0 Å². The Morgan fingerprint density at radius 2 is 0.780 bits per heavy atom. The number of phenols is 2. The summed E-state index contributed by atoms with van der Waals surface area (Å²) < 4.78 is 58.6. The van der Waals surface area contributed by atoms with E-state index >= 15 is 0 Å². The third-order valence-electron chi connectivity index (χ3n) is 7.51. The van der Waals surface area contributed by atoms with Crippen molar-refractivity contribution in [3.05, 3.63) is 47.5 Å². The van der Waals surface area contributed by atoms with Crippen LogP contribution in [0.15, 0.2) is 36.4 Å². The lowest BCUT2D eigenvalue weighted by molar-refractivity contribution is 0.0273. The molecule has 0 heterocycles. The molecule has 0 fully saturated rings. The van der Waals surface area contributed by atoms with Gasteiger partial charge in [-0.2, -0.15) is 0 Å². The highest BCUT2D eigenvalue weighted by Crippen LogP contribution is 2.28. The first kappa shape index (κ1) is 43.9. The van der Waals surface area contributed by atoms with Crippen molar-refractivity contribution in [1.82, 2.24) is 0 Å². The molecule has 2 aromatic rings. The van der Waals surface area contributed by atoms with Gasteiger partial charge in [-0.25, -0.2) is 0 Å². The van der Waals surface area contributed by atoms with Gasteiger partial charge in [-0.05, 0) is 115 Å². The summed E-state index contributed by atoms with van der Waals surface area (Å²) in [5, 5.41) is 20.8. The van der Waals surface area contributed by atoms with Crippen LogP contribution in [0, 0.1) is 0 Å². The second-order valence-electron chi connectivity index (χ2n) is 11.2. The van der Waals surface area contributed by atoms with E-state index in [1.165, 1.54) is 0 Å². The third-order valence-corrected chi connectivity index (χ3v) is 13.8. The molecule has 2 rings (SSSR count). The highest BCUT2D eigenvalue weighted by molar-refractivity contribution is 6.61. The first-order valence-electron chi connectivity index (χ1n) is 18.2. The summed E-state index contributed by atoms with van der Waals surface area (Å²) in [5.41, 5.74) is 1.61. The summed E-state index contributed by atoms with van der Waals surface area (Å²) in [6.07, 6.45) is 2.82. The average Bonchev–Trinajstić information content (AvgIpc) is 3.09. The van der Waals surface area contributed by atoms with Gasteiger partial charge in [0.2, 0.25) is 0 Å². The van der Waals surface area contributed by atoms with Crippen LogP contribution in [0.25, 0.3) is 0 Å². The molecule has 0 bridgehead atoms. The predicted molar refractivity (Wildman–Crippen MR) is 196 cm³/mol. The van der Waals surface area contributed by atoms with E-state index in [9.17, 15) is 10.2 Å². The number of phenolic OH excluding ortho intramolecular Hbond substituents is 2. The van der Waals surface area contributed by atoms with Crippen molar-refractivity contribution in [2.45, 2.75) is 79.3 Å². The Labute approximate surface area is 301 Å². The minimum Gasteiger partial charge on any atom is -0.508 e. The maximum Gasteiger partial charge on any atom is 0.500 e. The quantitative estimate of drug-likeness (QED) is 0.0641. The molecule has 0 aliphatic heterocycles. The van der Waals surface area contributed by atoms with Gasteiger partial charge < -0.3 is 55.7 Å². The largest absolute Gasteiger partial charge is 0.508 e. The summed E-state index contributed by atoms with van der Waals surface area (Å²) in [6, 6.07) is 11.9. The fraction of sp³-hybridized carbons (Fsp3) is 0.667. The molecule has 286 valence electrons. The topological polar surface area (TPSA) is 133 Å². The minimum absolute atomic E-state index is 0.235. The Hall–Kier alpha value is -2.25. The molecule has 0 amide bonds. The van der Waals surface area contributed by atoms with E-state index in [-0.39, 0.29) is 11.5 Å². The van der Waals surface area contributed by atoms with Gasteiger partial charge >= 0.3 is 17.6 Å². The lowest BCUT2D eigenvalue weighted by Gasteiger charge is -2.28. The first-order chi connectivity index (χ1) is 24.3. The minimum atomic E-state index is -2.72. The molecule has 0 unspecified atom stereocenters. The number of hydrogen-bond donors (Lipinski definition) is 2. The van der Waals surface area contributed by atoms with Crippen molar-refractivity contribution in [1.29, 1.82) is 0 Å². The van der Waals surface area contributed by atoms with E-state index in [0.29, 0.717) is 116 Å². The Balaban J connectivity index is 1.65. The molecule has 0 saturated heterocycles. The van der Waals surface area contributed by atoms with Crippen molar-refractivity contribution < 1.29 is 55.7 Å². The normalized spacial score (nSPS) is 12.0. The van der Waals surface area contributed by atoms with Crippen molar-refractivity contribution in [2.24, 2.45) is 0 Å². The van der Waals surface area contributed by atoms with Crippen LogP contribution in [0.2, 0.25) is 12.1 Å². The number of aryl methyl sites for hydroxylation is 2. The zero-order valence-electron chi connectivity index (χ0n) is 31.2. The van der Waals surface area contributed by atoms with Crippen LogP contribution in [0.4, 0.5) is 0 Å². The van der Waals surface area contributed by atoms with Crippen LogP contribution < -0.4 is 9.47 Å². The van der Waals surface area contributed by atoms with Crippen LogP contribution in [0.5, 0.6) is 23.0 Å². The summed E-state index contributed by atoms with van der Waals surface area (Å²) in [4.78, 5) is 0. The van der Waals surface area contributed by atoms with Gasteiger partial charge in [-0.15, -0.1) is 0 Å². The van der Waals surface area contributed by atoms with Crippen molar-refractivity contribution >= 4 is 17.6 Å². The Morgan fingerprint density at radius 3 is 1.10 bits per heavy atom. The molecule has 0 aromatic heterocycles. The number of rotatable bonds is 31. The van der Waals surface area contributed by atoms with Crippen LogP contribution in [-0.4, -0.2) is 107 Å². The molecule has 14 heteroatoms. The summed E-state index contributed by atoms with van der Waals surface area (Å²) in [7, 11) is -5.45. The maximum absolute atomic E-state index is 10.4. The van der Waals surface area contributed by atoms with Crippen LogP contribution in [0.1, 0.15) is 65.5 Å². The Kier molecular flexibility index (Phi) is 22.5. The van der Waals surface area contributed by atoms with E-state index < -0.39 is 17.6 Å². The first-order valence-corrected chi connectivity index (χ1v) is 22.0. The summed E-state index contributed by atoms with van der Waals surface area (Å²) in [5.74, 6) is 1.82. The molecule has 12 nitrogen and oxygen atoms in total. The molecule has 0 atom stereocenters. The fourth-order valence-electron chi connectivity index (χ4n) is 5.46. The molecule has 2 N–H and O–H groups in total. The van der Waals surface area contributed by atoms with Gasteiger partial charge in [0.05, 0.1) is 26.4 Å². The maximum atomic E-state index is 10.4. The lowest BCUT2D eigenvalue weighted by Crippen LogP contribution is -2.46. The molecular formula is C36H62O12Si2. The second-order valence-corrected chi connectivity index (χ2v) is 16.6. The van der Waals surface area contributed by atoms with E-state index in [1.807, 2.05) is 53.7 Å². The van der Waals surface area contributed by atoms with Crippen molar-refractivity contribution in [2.75, 3.05) is 79.3 Å². The zero-order chi connectivity index (χ0) is 36.5. The number of ether oxygens (including phenoxy) is 4. The van der Waals surface area contributed by atoms with Gasteiger partial charge in [-0.1, -0.05) is 0 Å². The smallest absolute Gasteiger partial charge is 0.500 e. The summed E-state index contributed by atoms with van der Waals surface area (Å²) >= 11 is 0. The Bertz CT molecular complexity index is 1050. The van der Waals surface area contributed by atoms with E-state index in [4.69, 9.17) is 45.5 Å². The van der Waals surface area contributed by atoms with Gasteiger partial charge in [0.15, 0.2) is 0 Å². The van der Waals surface area contributed by atoms with Gasteiger partial charge in [-0.3, -0.25) is 0 Å². The third kappa shape index (κ3) is 16.4. The standard InChI is InChI=1S/C36H62O12Si2/c1-7-43-49(44-8-2,45-9-3)27-13-15-31-29-33(17-19-35(31)37)41-25-23-39-21-22-40-24-26-42-34-18-20-36(38)32(30-34)16-14-28-50(46-10-4,47-11-5)48-12-6/h17-20,29-30,37-38H,7-16,21-28H2,1-6H3. The number of benzene rings is 2. The molecular weight excluding hydrogens is 681 g/mol. The molecule has 0 aliphatic carbocycles. The van der Waals surface area contributed by atoms with Crippen molar-refractivity contribution in [3.8, 4) is 23.0 Å². The van der Waals surface area contributed by atoms with Crippen LogP contribution in [0.3, 0.4) is 0 Å². The van der Waals surface area contributed by atoms with E-state index in [0.717, 1.165) is 24.0 Å². The zero-order valence-corrected chi connectivity index (χ0v) is 33.2. The van der Waals surface area contributed by atoms with Gasteiger partial charge in [0.25, 0.3) is 0 Å². The van der Waals surface area contributed by atoms with Crippen LogP contribution >= 0.6 is 0 Å². The van der Waals surface area contributed by atoms with Crippen LogP contribution in [-0.2, 0) is 48.9 Å². The highest BCUT2D eigenvalue weighted by atomic mass is 28.4. The average molecular weight is 743 g/mol. The molecule has 2 aromatic carbocycles. The fourth-order valence-corrected chi connectivity index (χ4v) is 10.7. The molecule has 0 radical (unpaired) electrons. The predicted octanol–water partition coefficient (Wildman–Crippen LogP) is 6.55. The SMILES string of the molecule is CCO[Si](CCCc1cc(OCCOCCOCCOc2ccc(O)c(CCC[Si](OCC)(OCC)OCC)c2)ccc1O)(OCC)OCC. The monoisotopic (exact) mass is 742 g/mol. The Morgan fingerprint density at radius 1 is 0.460 bits per heavy atom. The number of aromatic hydroxyl groups is 2. The number of hydrogen-bond acceptors (Lipinski definition) is 12. The molecule has 0 saturated carbocycles. The summed E-state index contributed by atoms with van der Waals surface area (Å²) in [6.45, 7) is 17.3. The van der Waals surface area contributed by atoms with Gasteiger partial charge in [0.1, 0.15) is 36.2 Å². The van der Waals surface area contributed by atoms with Gasteiger partial charge in [0, 0.05) is 51.7 Å².